The number of benzene rings is 2. The zero-order valence-electron chi connectivity index (χ0n) is 11.2. The molecular formula is C16H13BrFNO. The fourth-order valence-corrected chi connectivity index (χ4v) is 2.16. The molecule has 20 heavy (non-hydrogen) atoms. The Kier molecular flexibility index (Phi) is 4.41. The van der Waals surface area contributed by atoms with E-state index in [1.165, 1.54) is 6.07 Å². The van der Waals surface area contributed by atoms with Crippen molar-refractivity contribution < 1.29 is 9.13 Å². The minimum absolute atomic E-state index is 0.0364. The number of nitrogens with zero attached hydrogens (tertiary/aromatic N) is 1. The summed E-state index contributed by atoms with van der Waals surface area (Å²) in [6, 6.07) is 10.3. The maximum absolute atomic E-state index is 13.9. The zero-order chi connectivity index (χ0) is 14.7. The Balaban J connectivity index is 2.20. The van der Waals surface area contributed by atoms with E-state index in [-0.39, 0.29) is 12.2 Å². The fourth-order valence-electron chi connectivity index (χ4n) is 1.93. The Hall–Kier alpha value is -1.86. The lowest BCUT2D eigenvalue weighted by Gasteiger charge is -2.11. The Morgan fingerprint density at radius 1 is 1.25 bits per heavy atom. The van der Waals surface area contributed by atoms with Crippen molar-refractivity contribution in [1.29, 1.82) is 5.26 Å². The van der Waals surface area contributed by atoms with E-state index in [2.05, 4.69) is 15.9 Å². The van der Waals surface area contributed by atoms with Crippen LogP contribution < -0.4 is 4.74 Å². The highest BCUT2D eigenvalue weighted by molar-refractivity contribution is 9.10. The first-order valence-electron chi connectivity index (χ1n) is 6.10. The molecule has 0 aromatic heterocycles. The van der Waals surface area contributed by atoms with Crippen LogP contribution in [0.2, 0.25) is 0 Å². The summed E-state index contributed by atoms with van der Waals surface area (Å²) in [7, 11) is 0. The van der Waals surface area contributed by atoms with Crippen LogP contribution in [0.4, 0.5) is 4.39 Å². The number of aryl methyl sites for hydroxylation is 2. The third kappa shape index (κ3) is 3.00. The first-order valence-corrected chi connectivity index (χ1v) is 6.89. The standard InChI is InChI=1S/C16H13BrFNO/c1-10-6-14(7-11(2)15(10)17)20-9-13-5-3-4-12(8-19)16(13)18/h3-7H,9H2,1-2H3. The van der Waals surface area contributed by atoms with Gasteiger partial charge in [-0.15, -0.1) is 0 Å². The summed E-state index contributed by atoms with van der Waals surface area (Å²) in [4.78, 5) is 0. The van der Waals surface area contributed by atoms with E-state index in [1.807, 2.05) is 32.0 Å². The highest BCUT2D eigenvalue weighted by atomic mass is 79.9. The molecule has 2 rings (SSSR count). The van der Waals surface area contributed by atoms with Gasteiger partial charge in [-0.05, 0) is 43.2 Å². The predicted molar refractivity (Wildman–Crippen MR) is 79.1 cm³/mol. The lowest BCUT2D eigenvalue weighted by Crippen LogP contribution is -2.01. The average molecular weight is 334 g/mol. The summed E-state index contributed by atoms with van der Waals surface area (Å²) in [6.45, 7) is 4.05. The number of nitriles is 1. The van der Waals surface area contributed by atoms with Crippen molar-refractivity contribution in [2.75, 3.05) is 0 Å². The van der Waals surface area contributed by atoms with Crippen molar-refractivity contribution in [2.45, 2.75) is 20.5 Å². The van der Waals surface area contributed by atoms with Gasteiger partial charge in [-0.25, -0.2) is 4.39 Å². The molecule has 0 saturated heterocycles. The Morgan fingerprint density at radius 3 is 2.50 bits per heavy atom. The number of hydrogen-bond acceptors (Lipinski definition) is 2. The van der Waals surface area contributed by atoms with Gasteiger partial charge in [-0.1, -0.05) is 28.1 Å². The van der Waals surface area contributed by atoms with Gasteiger partial charge in [0.15, 0.2) is 0 Å². The summed E-state index contributed by atoms with van der Waals surface area (Å²) in [5, 5.41) is 8.80. The van der Waals surface area contributed by atoms with Crippen molar-refractivity contribution in [3.8, 4) is 11.8 Å². The third-order valence-corrected chi connectivity index (χ3v) is 4.25. The van der Waals surface area contributed by atoms with Crippen LogP contribution in [0, 0.1) is 31.0 Å². The highest BCUT2D eigenvalue weighted by Gasteiger charge is 2.09. The molecule has 0 radical (unpaired) electrons. The summed E-state index contributed by atoms with van der Waals surface area (Å²) < 4.78 is 20.6. The second-order valence-corrected chi connectivity index (χ2v) is 5.34. The average Bonchev–Trinajstić information content (AvgIpc) is 2.43. The molecule has 0 fully saturated rings. The van der Waals surface area contributed by atoms with Gasteiger partial charge in [-0.2, -0.15) is 5.26 Å². The molecule has 0 spiro atoms. The summed E-state index contributed by atoms with van der Waals surface area (Å²) in [5.41, 5.74) is 2.54. The molecule has 0 bridgehead atoms. The van der Waals surface area contributed by atoms with Crippen LogP contribution in [-0.2, 0) is 6.61 Å². The van der Waals surface area contributed by atoms with Crippen molar-refractivity contribution in [1.82, 2.24) is 0 Å². The molecule has 0 aliphatic rings. The molecule has 0 aliphatic heterocycles. The molecule has 0 unspecified atom stereocenters. The Morgan fingerprint density at radius 2 is 1.90 bits per heavy atom. The number of halogens is 2. The zero-order valence-corrected chi connectivity index (χ0v) is 12.8. The van der Waals surface area contributed by atoms with Crippen LogP contribution in [0.25, 0.3) is 0 Å². The van der Waals surface area contributed by atoms with E-state index >= 15 is 0 Å². The van der Waals surface area contributed by atoms with Gasteiger partial charge >= 0.3 is 0 Å². The van der Waals surface area contributed by atoms with Crippen LogP contribution in [0.3, 0.4) is 0 Å². The maximum Gasteiger partial charge on any atom is 0.147 e. The van der Waals surface area contributed by atoms with Crippen LogP contribution in [0.15, 0.2) is 34.8 Å². The smallest absolute Gasteiger partial charge is 0.147 e. The lowest BCUT2D eigenvalue weighted by atomic mass is 10.1. The van der Waals surface area contributed by atoms with E-state index in [1.54, 1.807) is 12.1 Å². The van der Waals surface area contributed by atoms with Crippen molar-refractivity contribution in [3.63, 3.8) is 0 Å². The monoisotopic (exact) mass is 333 g/mol. The van der Waals surface area contributed by atoms with E-state index in [0.717, 1.165) is 15.6 Å². The summed E-state index contributed by atoms with van der Waals surface area (Å²) in [5.74, 6) is 0.172. The Bertz CT molecular complexity index is 668. The van der Waals surface area contributed by atoms with Gasteiger partial charge in [0.25, 0.3) is 0 Å². The second-order valence-electron chi connectivity index (χ2n) is 4.55. The molecule has 2 nitrogen and oxygen atoms in total. The molecule has 102 valence electrons. The molecule has 0 aliphatic carbocycles. The molecular weight excluding hydrogens is 321 g/mol. The van der Waals surface area contributed by atoms with E-state index in [4.69, 9.17) is 10.00 Å². The van der Waals surface area contributed by atoms with Crippen LogP contribution in [-0.4, -0.2) is 0 Å². The molecule has 0 heterocycles. The van der Waals surface area contributed by atoms with Gasteiger partial charge in [0.05, 0.1) is 5.56 Å². The topological polar surface area (TPSA) is 33.0 Å². The second kappa shape index (κ2) is 6.06. The van der Waals surface area contributed by atoms with Gasteiger partial charge in [0.2, 0.25) is 0 Å². The van der Waals surface area contributed by atoms with E-state index in [0.29, 0.717) is 11.3 Å². The van der Waals surface area contributed by atoms with Crippen LogP contribution in [0.5, 0.6) is 5.75 Å². The van der Waals surface area contributed by atoms with Gasteiger partial charge in [-0.3, -0.25) is 0 Å². The van der Waals surface area contributed by atoms with E-state index < -0.39 is 5.82 Å². The highest BCUT2D eigenvalue weighted by Crippen LogP contribution is 2.27. The van der Waals surface area contributed by atoms with Gasteiger partial charge in [0.1, 0.15) is 24.2 Å². The minimum Gasteiger partial charge on any atom is -0.489 e. The quantitative estimate of drug-likeness (QED) is 0.818. The first-order chi connectivity index (χ1) is 9.52. The Labute approximate surface area is 125 Å². The molecule has 0 amide bonds. The molecule has 0 N–H and O–H groups in total. The van der Waals surface area contributed by atoms with Crippen molar-refractivity contribution >= 4 is 15.9 Å². The minimum atomic E-state index is -0.513. The largest absolute Gasteiger partial charge is 0.489 e. The van der Waals surface area contributed by atoms with Gasteiger partial charge < -0.3 is 4.74 Å². The number of ether oxygens (including phenoxy) is 1. The van der Waals surface area contributed by atoms with Crippen molar-refractivity contribution in [3.05, 3.63) is 62.9 Å². The SMILES string of the molecule is Cc1cc(OCc2cccc(C#N)c2F)cc(C)c1Br. The molecule has 2 aromatic carbocycles. The third-order valence-electron chi connectivity index (χ3n) is 3.00. The van der Waals surface area contributed by atoms with Crippen LogP contribution >= 0.6 is 15.9 Å². The molecule has 2 aromatic rings. The molecule has 4 heteroatoms. The fraction of sp³-hybridized carbons (Fsp3) is 0.188. The van der Waals surface area contributed by atoms with Crippen molar-refractivity contribution in [2.24, 2.45) is 0 Å². The molecule has 0 atom stereocenters. The predicted octanol–water partition coefficient (Wildman–Crippen LogP) is 4.66. The van der Waals surface area contributed by atoms with Gasteiger partial charge in [0, 0.05) is 10.0 Å². The first kappa shape index (κ1) is 14.5. The lowest BCUT2D eigenvalue weighted by molar-refractivity contribution is 0.299. The number of rotatable bonds is 3. The molecule has 0 saturated carbocycles. The van der Waals surface area contributed by atoms with Crippen LogP contribution in [0.1, 0.15) is 22.3 Å². The summed E-state index contributed by atoms with van der Waals surface area (Å²) in [6.07, 6.45) is 0. The number of hydrogen-bond donors (Lipinski definition) is 0. The van der Waals surface area contributed by atoms with E-state index in [9.17, 15) is 4.39 Å². The summed E-state index contributed by atoms with van der Waals surface area (Å²) >= 11 is 3.49. The normalized spacial score (nSPS) is 10.2. The maximum atomic E-state index is 13.9.